The fourth-order valence-corrected chi connectivity index (χ4v) is 6.57. The van der Waals surface area contributed by atoms with Crippen LogP contribution in [0.15, 0.2) is 175 Å². The third kappa shape index (κ3) is 5.90. The number of para-hydroxylation sites is 1. The molecule has 1 nitrogen and oxygen atoms in total. The summed E-state index contributed by atoms with van der Waals surface area (Å²) in [5.74, 6) is 0.303. The van der Waals surface area contributed by atoms with Gasteiger partial charge in [-0.05, 0) is 95.4 Å². The largest absolute Gasteiger partial charge is 0.314 e. The van der Waals surface area contributed by atoms with Crippen molar-refractivity contribution in [2.45, 2.75) is 38.0 Å². The first kappa shape index (κ1) is 27.0. The predicted octanol–water partition coefficient (Wildman–Crippen LogP) is 11.5. The molecule has 0 N–H and O–H groups in total. The predicted molar refractivity (Wildman–Crippen MR) is 183 cm³/mol. The van der Waals surface area contributed by atoms with Crippen molar-refractivity contribution in [3.05, 3.63) is 186 Å². The molecule has 4 aromatic carbocycles. The van der Waals surface area contributed by atoms with Crippen molar-refractivity contribution in [3.63, 3.8) is 0 Å². The molecule has 210 valence electrons. The molecule has 0 fully saturated rings. The Kier molecular flexibility index (Phi) is 7.88. The van der Waals surface area contributed by atoms with Crippen molar-refractivity contribution in [1.29, 1.82) is 0 Å². The van der Waals surface area contributed by atoms with Crippen molar-refractivity contribution in [3.8, 4) is 11.1 Å². The quantitative estimate of drug-likeness (QED) is 0.219. The van der Waals surface area contributed by atoms with Crippen LogP contribution in [0.2, 0.25) is 0 Å². The minimum absolute atomic E-state index is 0.303. The molecule has 1 heteroatoms. The summed E-state index contributed by atoms with van der Waals surface area (Å²) in [7, 11) is 0. The maximum Gasteiger partial charge on any atom is 0.0496 e. The Morgan fingerprint density at radius 1 is 0.558 bits per heavy atom. The molecule has 4 aromatic rings. The van der Waals surface area contributed by atoms with E-state index in [1.54, 1.807) is 0 Å². The second-order valence-corrected chi connectivity index (χ2v) is 11.5. The van der Waals surface area contributed by atoms with Gasteiger partial charge in [-0.15, -0.1) is 0 Å². The third-order valence-electron chi connectivity index (χ3n) is 8.83. The lowest BCUT2D eigenvalue weighted by atomic mass is 9.86. The van der Waals surface area contributed by atoms with Gasteiger partial charge in [0.1, 0.15) is 0 Å². The third-order valence-corrected chi connectivity index (χ3v) is 8.83. The van der Waals surface area contributed by atoms with Crippen molar-refractivity contribution in [2.75, 3.05) is 4.90 Å². The SMILES string of the molecule is C1=CCCC(C2=CC=C(N(c3ccc(-c4ccccc4)cc3)c3ccccc3C3C=C(c4ccccc4)C=CC3)CC2)=C1. The molecule has 0 saturated carbocycles. The van der Waals surface area contributed by atoms with Crippen LogP contribution in [0.25, 0.3) is 16.7 Å². The number of hydrogen-bond donors (Lipinski definition) is 0. The van der Waals surface area contributed by atoms with Gasteiger partial charge in [0.25, 0.3) is 0 Å². The summed E-state index contributed by atoms with van der Waals surface area (Å²) in [6.45, 7) is 0. The summed E-state index contributed by atoms with van der Waals surface area (Å²) in [5.41, 5.74) is 13.2. The van der Waals surface area contributed by atoms with Gasteiger partial charge in [0, 0.05) is 23.0 Å². The number of anilines is 2. The van der Waals surface area contributed by atoms with E-state index in [9.17, 15) is 0 Å². The smallest absolute Gasteiger partial charge is 0.0496 e. The van der Waals surface area contributed by atoms with Crippen LogP contribution in [-0.2, 0) is 0 Å². The number of rotatable bonds is 7. The Hall–Kier alpha value is -4.88. The monoisotopic (exact) mass is 555 g/mol. The van der Waals surface area contributed by atoms with Gasteiger partial charge in [0.15, 0.2) is 0 Å². The average molecular weight is 556 g/mol. The van der Waals surface area contributed by atoms with Crippen molar-refractivity contribution >= 4 is 16.9 Å². The van der Waals surface area contributed by atoms with Crippen molar-refractivity contribution in [1.82, 2.24) is 0 Å². The molecule has 0 aromatic heterocycles. The molecule has 0 amide bonds. The molecule has 0 saturated heterocycles. The highest BCUT2D eigenvalue weighted by Crippen LogP contribution is 2.43. The molecule has 1 atom stereocenters. The topological polar surface area (TPSA) is 3.24 Å². The summed E-state index contributed by atoms with van der Waals surface area (Å²) >= 11 is 0. The van der Waals surface area contributed by atoms with Crippen molar-refractivity contribution in [2.24, 2.45) is 0 Å². The number of benzene rings is 4. The molecular formula is C42H37N. The van der Waals surface area contributed by atoms with E-state index in [4.69, 9.17) is 0 Å². The van der Waals surface area contributed by atoms with Crippen molar-refractivity contribution < 1.29 is 0 Å². The van der Waals surface area contributed by atoms with E-state index in [1.807, 2.05) is 0 Å². The highest BCUT2D eigenvalue weighted by molar-refractivity contribution is 5.79. The molecule has 3 aliphatic carbocycles. The Labute approximate surface area is 256 Å². The number of allylic oxidation sites excluding steroid dienone is 12. The molecule has 0 spiro atoms. The van der Waals surface area contributed by atoms with Gasteiger partial charge >= 0.3 is 0 Å². The highest BCUT2D eigenvalue weighted by Gasteiger charge is 2.24. The van der Waals surface area contributed by atoms with Gasteiger partial charge in [-0.1, -0.05) is 134 Å². The van der Waals surface area contributed by atoms with Gasteiger partial charge in [-0.25, -0.2) is 0 Å². The van der Waals surface area contributed by atoms with E-state index in [0.29, 0.717) is 5.92 Å². The fourth-order valence-electron chi connectivity index (χ4n) is 6.57. The zero-order chi connectivity index (χ0) is 28.8. The van der Waals surface area contributed by atoms with Crippen LogP contribution in [-0.4, -0.2) is 0 Å². The molecule has 0 aliphatic heterocycles. The average Bonchev–Trinajstić information content (AvgIpc) is 3.10. The Bertz CT molecular complexity index is 1760. The first-order valence-electron chi connectivity index (χ1n) is 15.6. The summed E-state index contributed by atoms with van der Waals surface area (Å²) in [6.07, 6.45) is 24.0. The molecular weight excluding hydrogens is 518 g/mol. The van der Waals surface area contributed by atoms with E-state index in [-0.39, 0.29) is 0 Å². The second-order valence-electron chi connectivity index (χ2n) is 11.5. The van der Waals surface area contributed by atoms with Gasteiger partial charge in [-0.3, -0.25) is 0 Å². The van der Waals surface area contributed by atoms with Gasteiger partial charge in [0.2, 0.25) is 0 Å². The fraction of sp³-hybridized carbons (Fsp3) is 0.143. The van der Waals surface area contributed by atoms with Gasteiger partial charge in [-0.2, -0.15) is 0 Å². The Morgan fingerprint density at radius 3 is 1.98 bits per heavy atom. The number of hydrogen-bond acceptors (Lipinski definition) is 1. The summed E-state index contributed by atoms with van der Waals surface area (Å²) in [6, 6.07) is 39.5. The van der Waals surface area contributed by atoms with E-state index in [2.05, 4.69) is 163 Å². The van der Waals surface area contributed by atoms with Crippen LogP contribution >= 0.6 is 0 Å². The van der Waals surface area contributed by atoms with Crippen LogP contribution in [0.5, 0.6) is 0 Å². The lowest BCUT2D eigenvalue weighted by Gasteiger charge is -2.33. The van der Waals surface area contributed by atoms with E-state index in [0.717, 1.165) is 32.1 Å². The first-order chi connectivity index (χ1) is 21.3. The van der Waals surface area contributed by atoms with Crippen LogP contribution < -0.4 is 4.90 Å². The molecule has 43 heavy (non-hydrogen) atoms. The van der Waals surface area contributed by atoms with Crippen LogP contribution in [0.4, 0.5) is 11.4 Å². The standard InChI is InChI=1S/C42H37N/c1-4-13-32(14-5-1)35-23-27-39(28-24-35)43(40-29-25-36(26-30-40)33-15-6-2-7-16-33)42-22-11-10-21-41(42)38-20-12-19-37(31-38)34-17-8-3-9-18-34/h1-6,8-15,17-19,21-25,27-29,31,38H,7,16,20,26,30H2. The molecule has 0 radical (unpaired) electrons. The van der Waals surface area contributed by atoms with E-state index >= 15 is 0 Å². The first-order valence-corrected chi connectivity index (χ1v) is 15.6. The minimum Gasteiger partial charge on any atom is -0.314 e. The van der Waals surface area contributed by atoms with Crippen LogP contribution in [0, 0.1) is 0 Å². The molecule has 7 rings (SSSR count). The second kappa shape index (κ2) is 12.5. The van der Waals surface area contributed by atoms with Gasteiger partial charge < -0.3 is 4.90 Å². The van der Waals surface area contributed by atoms with E-state index < -0.39 is 0 Å². The maximum atomic E-state index is 2.51. The summed E-state index contributed by atoms with van der Waals surface area (Å²) in [4.78, 5) is 2.51. The minimum atomic E-state index is 0.303. The number of nitrogens with zero attached hydrogens (tertiary/aromatic N) is 1. The zero-order valence-corrected chi connectivity index (χ0v) is 24.6. The zero-order valence-electron chi connectivity index (χ0n) is 24.6. The van der Waals surface area contributed by atoms with Gasteiger partial charge in [0.05, 0.1) is 0 Å². The normalized spacial score (nSPS) is 17.9. The Balaban J connectivity index is 1.30. The lowest BCUT2D eigenvalue weighted by molar-refractivity contribution is 0.831. The summed E-state index contributed by atoms with van der Waals surface area (Å²) in [5, 5.41) is 0. The molecule has 3 aliphatic rings. The highest BCUT2D eigenvalue weighted by atomic mass is 15.2. The summed E-state index contributed by atoms with van der Waals surface area (Å²) < 4.78 is 0. The van der Waals surface area contributed by atoms with Crippen LogP contribution in [0.3, 0.4) is 0 Å². The maximum absolute atomic E-state index is 2.51. The molecule has 1 unspecified atom stereocenters. The van der Waals surface area contributed by atoms with Crippen LogP contribution in [0.1, 0.15) is 49.1 Å². The Morgan fingerprint density at radius 2 is 1.26 bits per heavy atom. The molecule has 0 heterocycles. The lowest BCUT2D eigenvalue weighted by Crippen LogP contribution is -2.20. The van der Waals surface area contributed by atoms with E-state index in [1.165, 1.54) is 56.0 Å². The molecule has 0 bridgehead atoms.